The molecule has 1 atom stereocenters. The van der Waals surface area contributed by atoms with Crippen LogP contribution in [0.2, 0.25) is 0 Å². The van der Waals surface area contributed by atoms with Gasteiger partial charge in [0.25, 0.3) is 5.91 Å². The third-order valence-electron chi connectivity index (χ3n) is 7.02. The number of nitrogens with one attached hydrogen (secondary N) is 2. The number of carbonyl (C=O) groups is 3. The number of nitrogens with zero attached hydrogens (tertiary/aromatic N) is 2. The topological polar surface area (TPSA) is 121 Å². The van der Waals surface area contributed by atoms with Crippen LogP contribution in [0.3, 0.4) is 0 Å². The van der Waals surface area contributed by atoms with Crippen molar-refractivity contribution in [3.8, 4) is 28.4 Å². The maximum atomic E-state index is 13.7. The SMILES string of the molecule is COC(=O)CNC(=O)[C@@H](NC(=O)c1cc(-c2c(OC)cccc2OC)n(-c2ccc(F)cc2)n1)C1CCCCC1. The number of ether oxygens (including phenoxy) is 3. The van der Waals surface area contributed by atoms with Crippen LogP contribution in [0.1, 0.15) is 42.6 Å². The van der Waals surface area contributed by atoms with E-state index in [1.165, 1.54) is 38.1 Å². The number of hydrogen-bond donors (Lipinski definition) is 2. The van der Waals surface area contributed by atoms with Gasteiger partial charge in [0.15, 0.2) is 5.69 Å². The van der Waals surface area contributed by atoms with Gasteiger partial charge in [-0.2, -0.15) is 5.10 Å². The van der Waals surface area contributed by atoms with Gasteiger partial charge in [-0.05, 0) is 61.2 Å². The predicted molar refractivity (Wildman–Crippen MR) is 145 cm³/mol. The van der Waals surface area contributed by atoms with Crippen molar-refractivity contribution in [3.05, 3.63) is 60.0 Å². The molecule has 1 heterocycles. The number of benzene rings is 2. The second-order valence-corrected chi connectivity index (χ2v) is 9.48. The van der Waals surface area contributed by atoms with Crippen molar-refractivity contribution in [1.29, 1.82) is 0 Å². The average Bonchev–Trinajstić information content (AvgIpc) is 3.43. The maximum Gasteiger partial charge on any atom is 0.325 e. The molecular formula is C29H33FN4O6. The van der Waals surface area contributed by atoms with E-state index < -0.39 is 29.6 Å². The summed E-state index contributed by atoms with van der Waals surface area (Å²) in [7, 11) is 4.28. The van der Waals surface area contributed by atoms with Crippen LogP contribution in [0.15, 0.2) is 48.5 Å². The van der Waals surface area contributed by atoms with Crippen molar-refractivity contribution in [2.75, 3.05) is 27.9 Å². The van der Waals surface area contributed by atoms with Crippen LogP contribution in [-0.2, 0) is 14.3 Å². The molecule has 1 saturated carbocycles. The standard InChI is InChI=1S/C29H33FN4O6/c1-38-23-10-7-11-24(39-2)26(23)22-16-21(33-34(22)20-14-12-19(30)13-15-20)28(36)32-27(18-8-5-4-6-9-18)29(37)31-17-25(35)40-3/h7,10-16,18,27H,4-6,8-9,17H2,1-3H3,(H,31,37)(H,32,36)/t27-/m0/s1. The Labute approximate surface area is 231 Å². The highest BCUT2D eigenvalue weighted by atomic mass is 19.1. The van der Waals surface area contributed by atoms with Crippen molar-refractivity contribution in [1.82, 2.24) is 20.4 Å². The molecule has 2 aromatic carbocycles. The molecule has 0 unspecified atom stereocenters. The summed E-state index contributed by atoms with van der Waals surface area (Å²) in [5.74, 6) is -1.17. The molecule has 3 aromatic rings. The van der Waals surface area contributed by atoms with Gasteiger partial charge in [-0.25, -0.2) is 9.07 Å². The summed E-state index contributed by atoms with van der Waals surface area (Å²) in [5, 5.41) is 9.97. The Kier molecular flexibility index (Phi) is 9.36. The second-order valence-electron chi connectivity index (χ2n) is 9.48. The Bertz CT molecular complexity index is 1330. The van der Waals surface area contributed by atoms with Gasteiger partial charge in [-0.15, -0.1) is 0 Å². The van der Waals surface area contributed by atoms with Crippen LogP contribution in [0.25, 0.3) is 16.9 Å². The van der Waals surface area contributed by atoms with E-state index in [-0.39, 0.29) is 18.2 Å². The molecular weight excluding hydrogens is 519 g/mol. The minimum atomic E-state index is -0.863. The zero-order valence-electron chi connectivity index (χ0n) is 22.7. The predicted octanol–water partition coefficient (Wildman–Crippen LogP) is 3.66. The molecule has 212 valence electrons. The van der Waals surface area contributed by atoms with E-state index in [1.807, 2.05) is 0 Å². The molecule has 0 bridgehead atoms. The van der Waals surface area contributed by atoms with Crippen LogP contribution in [0, 0.1) is 11.7 Å². The number of carbonyl (C=O) groups excluding carboxylic acids is 3. The number of rotatable bonds is 10. The lowest BCUT2D eigenvalue weighted by atomic mass is 9.83. The van der Waals surface area contributed by atoms with E-state index in [2.05, 4.69) is 20.5 Å². The summed E-state index contributed by atoms with van der Waals surface area (Å²) in [5.41, 5.74) is 1.55. The monoisotopic (exact) mass is 552 g/mol. The molecule has 1 aliphatic rings. The van der Waals surface area contributed by atoms with Crippen LogP contribution >= 0.6 is 0 Å². The molecule has 1 aliphatic carbocycles. The van der Waals surface area contributed by atoms with Crippen molar-refractivity contribution < 1.29 is 33.0 Å². The van der Waals surface area contributed by atoms with Gasteiger partial charge in [-0.1, -0.05) is 25.3 Å². The number of esters is 1. The van der Waals surface area contributed by atoms with Crippen LogP contribution < -0.4 is 20.1 Å². The molecule has 1 aromatic heterocycles. The molecule has 0 radical (unpaired) electrons. The molecule has 2 N–H and O–H groups in total. The van der Waals surface area contributed by atoms with Crippen molar-refractivity contribution >= 4 is 17.8 Å². The van der Waals surface area contributed by atoms with E-state index in [0.29, 0.717) is 28.4 Å². The van der Waals surface area contributed by atoms with Gasteiger partial charge in [0.05, 0.1) is 38.3 Å². The first kappa shape index (κ1) is 28.6. The van der Waals surface area contributed by atoms with Gasteiger partial charge in [0, 0.05) is 0 Å². The molecule has 40 heavy (non-hydrogen) atoms. The minimum Gasteiger partial charge on any atom is -0.496 e. The molecule has 10 nitrogen and oxygen atoms in total. The number of amides is 2. The number of halogens is 1. The second kappa shape index (κ2) is 13.1. The summed E-state index contributed by atoms with van der Waals surface area (Å²) in [6.45, 7) is -0.300. The lowest BCUT2D eigenvalue weighted by Gasteiger charge is -2.29. The first-order valence-electron chi connectivity index (χ1n) is 13.1. The third-order valence-corrected chi connectivity index (χ3v) is 7.02. The fourth-order valence-electron chi connectivity index (χ4n) is 4.97. The normalized spacial score (nSPS) is 14.2. The van der Waals surface area contributed by atoms with E-state index in [1.54, 1.807) is 36.4 Å². The molecule has 0 saturated heterocycles. The zero-order valence-corrected chi connectivity index (χ0v) is 22.7. The van der Waals surface area contributed by atoms with E-state index in [0.717, 1.165) is 32.1 Å². The maximum absolute atomic E-state index is 13.7. The van der Waals surface area contributed by atoms with Crippen molar-refractivity contribution in [2.24, 2.45) is 5.92 Å². The van der Waals surface area contributed by atoms with E-state index in [4.69, 9.17) is 9.47 Å². The number of aromatic nitrogens is 2. The molecule has 11 heteroatoms. The quantitative estimate of drug-likeness (QED) is 0.368. The Balaban J connectivity index is 1.73. The van der Waals surface area contributed by atoms with E-state index in [9.17, 15) is 18.8 Å². The van der Waals surface area contributed by atoms with E-state index >= 15 is 0 Å². The van der Waals surface area contributed by atoms with Gasteiger partial charge in [0.1, 0.15) is 29.9 Å². The Hall–Kier alpha value is -4.41. The summed E-state index contributed by atoms with van der Waals surface area (Å²) in [6.07, 6.45) is 4.48. The largest absolute Gasteiger partial charge is 0.496 e. The molecule has 4 rings (SSSR count). The number of hydrogen-bond acceptors (Lipinski definition) is 7. The lowest BCUT2D eigenvalue weighted by molar-refractivity contribution is -0.141. The average molecular weight is 553 g/mol. The summed E-state index contributed by atoms with van der Waals surface area (Å²) in [6, 6.07) is 11.7. The molecule has 0 spiro atoms. The first-order valence-corrected chi connectivity index (χ1v) is 13.1. The molecule has 2 amide bonds. The molecule has 0 aliphatic heterocycles. The Morgan fingerprint density at radius 1 is 1.00 bits per heavy atom. The van der Waals surface area contributed by atoms with Gasteiger partial charge < -0.3 is 24.8 Å². The summed E-state index contributed by atoms with van der Waals surface area (Å²) >= 11 is 0. The molecule has 1 fully saturated rings. The van der Waals surface area contributed by atoms with Crippen LogP contribution in [-0.4, -0.2) is 61.5 Å². The Morgan fingerprint density at radius 2 is 1.65 bits per heavy atom. The van der Waals surface area contributed by atoms with Gasteiger partial charge in [-0.3, -0.25) is 14.4 Å². The summed E-state index contributed by atoms with van der Waals surface area (Å²) < 4.78 is 31.0. The smallest absolute Gasteiger partial charge is 0.325 e. The van der Waals surface area contributed by atoms with Gasteiger partial charge in [0.2, 0.25) is 5.91 Å². The zero-order chi connectivity index (χ0) is 28.6. The Morgan fingerprint density at radius 3 is 2.25 bits per heavy atom. The highest BCUT2D eigenvalue weighted by molar-refractivity contribution is 5.98. The fraction of sp³-hybridized carbons (Fsp3) is 0.379. The van der Waals surface area contributed by atoms with Gasteiger partial charge >= 0.3 is 5.97 Å². The van der Waals surface area contributed by atoms with Crippen LogP contribution in [0.5, 0.6) is 11.5 Å². The number of methoxy groups -OCH3 is 3. The third kappa shape index (κ3) is 6.41. The fourth-order valence-corrected chi connectivity index (χ4v) is 4.97. The highest BCUT2D eigenvalue weighted by Crippen LogP contribution is 2.39. The highest BCUT2D eigenvalue weighted by Gasteiger charge is 2.32. The summed E-state index contributed by atoms with van der Waals surface area (Å²) in [4.78, 5) is 38.3. The van der Waals surface area contributed by atoms with Crippen molar-refractivity contribution in [3.63, 3.8) is 0 Å². The minimum absolute atomic E-state index is 0.0360. The van der Waals surface area contributed by atoms with Crippen LogP contribution in [0.4, 0.5) is 4.39 Å². The lowest BCUT2D eigenvalue weighted by Crippen LogP contribution is -2.52. The first-order chi connectivity index (χ1) is 19.4. The van der Waals surface area contributed by atoms with Crippen molar-refractivity contribution in [2.45, 2.75) is 38.1 Å².